The molecule has 0 bridgehead atoms. The van der Waals surface area contributed by atoms with Gasteiger partial charge in [0.2, 0.25) is 0 Å². The van der Waals surface area contributed by atoms with Crippen molar-refractivity contribution in [2.75, 3.05) is 30.3 Å². The molecular formula is C14H26N4O. The van der Waals surface area contributed by atoms with Crippen molar-refractivity contribution in [2.45, 2.75) is 40.5 Å². The van der Waals surface area contributed by atoms with E-state index in [-0.39, 0.29) is 17.9 Å². The van der Waals surface area contributed by atoms with Gasteiger partial charge in [0.15, 0.2) is 0 Å². The minimum atomic E-state index is -0.165. The molecule has 0 spiro atoms. The van der Waals surface area contributed by atoms with Crippen molar-refractivity contribution >= 4 is 11.6 Å². The van der Waals surface area contributed by atoms with Gasteiger partial charge in [-0.05, 0) is 6.92 Å². The summed E-state index contributed by atoms with van der Waals surface area (Å²) < 4.78 is 0. The Morgan fingerprint density at radius 1 is 1.21 bits per heavy atom. The highest BCUT2D eigenvalue weighted by Gasteiger charge is 2.17. The molecule has 0 fully saturated rings. The average molecular weight is 266 g/mol. The molecule has 0 aromatic carbocycles. The van der Waals surface area contributed by atoms with Crippen LogP contribution in [-0.2, 0) is 0 Å². The zero-order valence-corrected chi connectivity index (χ0v) is 12.6. The molecule has 0 saturated heterocycles. The molecule has 108 valence electrons. The first-order chi connectivity index (χ1) is 8.88. The van der Waals surface area contributed by atoms with Gasteiger partial charge in [0, 0.05) is 37.1 Å². The van der Waals surface area contributed by atoms with Gasteiger partial charge in [-0.3, -0.25) is 0 Å². The molecule has 3 N–H and O–H groups in total. The van der Waals surface area contributed by atoms with Crippen molar-refractivity contribution in [3.63, 3.8) is 0 Å². The van der Waals surface area contributed by atoms with Crippen molar-refractivity contribution in [3.8, 4) is 0 Å². The van der Waals surface area contributed by atoms with E-state index in [0.29, 0.717) is 6.54 Å². The maximum Gasteiger partial charge on any atom is 0.135 e. The summed E-state index contributed by atoms with van der Waals surface area (Å²) >= 11 is 0. The second kappa shape index (κ2) is 6.70. The zero-order valence-electron chi connectivity index (χ0n) is 12.6. The Hall–Kier alpha value is -1.36. The third kappa shape index (κ3) is 5.03. The third-order valence-corrected chi connectivity index (χ3v) is 2.79. The van der Waals surface area contributed by atoms with Crippen LogP contribution in [0.5, 0.6) is 0 Å². The number of anilines is 2. The Morgan fingerprint density at radius 3 is 2.26 bits per heavy atom. The summed E-state index contributed by atoms with van der Waals surface area (Å²) in [6, 6.07) is 1.91. The molecule has 19 heavy (non-hydrogen) atoms. The molecule has 5 nitrogen and oxygen atoms in total. The Kier molecular flexibility index (Phi) is 5.54. The molecule has 1 heterocycles. The number of nitrogens with one attached hydrogen (secondary N) is 2. The highest BCUT2D eigenvalue weighted by Crippen LogP contribution is 2.19. The highest BCUT2D eigenvalue weighted by atomic mass is 16.3. The first-order valence-electron chi connectivity index (χ1n) is 6.85. The zero-order chi connectivity index (χ0) is 14.5. The van der Waals surface area contributed by atoms with Crippen molar-refractivity contribution in [1.82, 2.24) is 9.97 Å². The van der Waals surface area contributed by atoms with Crippen molar-refractivity contribution in [2.24, 2.45) is 5.41 Å². The SMILES string of the molecule is CCNc1cc(NCC(C)(C)CO)nc(C(C)C)n1. The molecule has 0 unspecified atom stereocenters. The monoisotopic (exact) mass is 266 g/mol. The molecular weight excluding hydrogens is 240 g/mol. The van der Waals surface area contributed by atoms with Gasteiger partial charge in [-0.15, -0.1) is 0 Å². The maximum absolute atomic E-state index is 9.27. The number of aliphatic hydroxyl groups excluding tert-OH is 1. The van der Waals surface area contributed by atoms with E-state index in [1.54, 1.807) is 0 Å². The van der Waals surface area contributed by atoms with Gasteiger partial charge in [0.05, 0.1) is 0 Å². The molecule has 0 saturated carbocycles. The minimum absolute atomic E-state index is 0.141. The molecule has 1 rings (SSSR count). The number of aliphatic hydroxyl groups is 1. The van der Waals surface area contributed by atoms with Crippen LogP contribution in [0, 0.1) is 5.41 Å². The molecule has 0 atom stereocenters. The fraction of sp³-hybridized carbons (Fsp3) is 0.714. The van der Waals surface area contributed by atoms with Crippen LogP contribution in [0.1, 0.15) is 46.4 Å². The Morgan fingerprint density at radius 2 is 1.79 bits per heavy atom. The summed E-state index contributed by atoms with van der Waals surface area (Å²) in [5, 5.41) is 15.8. The number of aromatic nitrogens is 2. The number of hydrogen-bond acceptors (Lipinski definition) is 5. The minimum Gasteiger partial charge on any atom is -0.396 e. The summed E-state index contributed by atoms with van der Waals surface area (Å²) in [7, 11) is 0. The number of nitrogens with zero attached hydrogens (tertiary/aromatic N) is 2. The molecule has 0 amide bonds. The van der Waals surface area contributed by atoms with Gasteiger partial charge in [-0.2, -0.15) is 0 Å². The fourth-order valence-electron chi connectivity index (χ4n) is 1.47. The van der Waals surface area contributed by atoms with Gasteiger partial charge < -0.3 is 15.7 Å². The summed E-state index contributed by atoms with van der Waals surface area (Å²) in [5.41, 5.74) is -0.165. The lowest BCUT2D eigenvalue weighted by Crippen LogP contribution is -2.27. The Labute approximate surface area is 115 Å². The lowest BCUT2D eigenvalue weighted by molar-refractivity contribution is 0.170. The normalized spacial score (nSPS) is 11.7. The topological polar surface area (TPSA) is 70.1 Å². The van der Waals surface area contributed by atoms with E-state index in [0.717, 1.165) is 24.0 Å². The highest BCUT2D eigenvalue weighted by molar-refractivity contribution is 5.47. The predicted molar refractivity (Wildman–Crippen MR) is 79.6 cm³/mol. The lowest BCUT2D eigenvalue weighted by atomic mass is 9.95. The van der Waals surface area contributed by atoms with Gasteiger partial charge in [0.1, 0.15) is 17.5 Å². The summed E-state index contributed by atoms with van der Waals surface area (Å²) in [4.78, 5) is 8.98. The second-order valence-corrected chi connectivity index (χ2v) is 5.86. The van der Waals surface area contributed by atoms with E-state index >= 15 is 0 Å². The van der Waals surface area contributed by atoms with Gasteiger partial charge in [-0.25, -0.2) is 9.97 Å². The van der Waals surface area contributed by atoms with E-state index in [1.165, 1.54) is 0 Å². The number of hydrogen-bond donors (Lipinski definition) is 3. The summed E-state index contributed by atoms with van der Waals surface area (Å²) in [5.74, 6) is 2.74. The lowest BCUT2D eigenvalue weighted by Gasteiger charge is -2.22. The standard InChI is InChI=1S/C14H26N4O/c1-6-15-11-7-12(16-8-14(4,5)9-19)18-13(17-11)10(2)3/h7,10,19H,6,8-9H2,1-5H3,(H2,15,16,17,18). The van der Waals surface area contributed by atoms with Crippen LogP contribution in [0.3, 0.4) is 0 Å². The predicted octanol–water partition coefficient (Wildman–Crippen LogP) is 2.46. The first-order valence-corrected chi connectivity index (χ1v) is 6.85. The van der Waals surface area contributed by atoms with Crippen LogP contribution >= 0.6 is 0 Å². The van der Waals surface area contributed by atoms with Crippen molar-refractivity contribution < 1.29 is 5.11 Å². The summed E-state index contributed by atoms with van der Waals surface area (Å²) in [6.45, 7) is 11.9. The van der Waals surface area contributed by atoms with Gasteiger partial charge in [-0.1, -0.05) is 27.7 Å². The molecule has 0 radical (unpaired) electrons. The third-order valence-electron chi connectivity index (χ3n) is 2.79. The van der Waals surface area contributed by atoms with Crippen LogP contribution in [0.2, 0.25) is 0 Å². The molecule has 0 aliphatic carbocycles. The van der Waals surface area contributed by atoms with Crippen LogP contribution in [-0.4, -0.2) is 34.8 Å². The van der Waals surface area contributed by atoms with Crippen molar-refractivity contribution in [3.05, 3.63) is 11.9 Å². The molecule has 5 heteroatoms. The largest absolute Gasteiger partial charge is 0.396 e. The van der Waals surface area contributed by atoms with Crippen molar-refractivity contribution in [1.29, 1.82) is 0 Å². The average Bonchev–Trinajstić information content (AvgIpc) is 2.37. The van der Waals surface area contributed by atoms with Crippen LogP contribution in [0.15, 0.2) is 6.07 Å². The molecule has 0 aliphatic rings. The van der Waals surface area contributed by atoms with E-state index < -0.39 is 0 Å². The quantitative estimate of drug-likeness (QED) is 0.707. The van der Waals surface area contributed by atoms with Gasteiger partial charge >= 0.3 is 0 Å². The van der Waals surface area contributed by atoms with E-state index in [2.05, 4.69) is 34.4 Å². The van der Waals surface area contributed by atoms with Crippen LogP contribution in [0.4, 0.5) is 11.6 Å². The molecule has 0 aliphatic heterocycles. The fourth-order valence-corrected chi connectivity index (χ4v) is 1.47. The maximum atomic E-state index is 9.27. The van der Waals surface area contributed by atoms with E-state index in [1.807, 2.05) is 26.8 Å². The molecule has 1 aromatic rings. The Balaban J connectivity index is 2.87. The first kappa shape index (κ1) is 15.7. The van der Waals surface area contributed by atoms with E-state index in [4.69, 9.17) is 0 Å². The van der Waals surface area contributed by atoms with E-state index in [9.17, 15) is 5.11 Å². The Bertz CT molecular complexity index is 404. The number of rotatable bonds is 7. The molecule has 1 aromatic heterocycles. The van der Waals surface area contributed by atoms with Crippen LogP contribution in [0.25, 0.3) is 0 Å². The summed E-state index contributed by atoms with van der Waals surface area (Å²) in [6.07, 6.45) is 0. The second-order valence-electron chi connectivity index (χ2n) is 5.86. The van der Waals surface area contributed by atoms with Gasteiger partial charge in [0.25, 0.3) is 0 Å². The van der Waals surface area contributed by atoms with Crippen LogP contribution < -0.4 is 10.6 Å². The smallest absolute Gasteiger partial charge is 0.135 e.